The first-order valence-corrected chi connectivity index (χ1v) is 4.14. The van der Waals surface area contributed by atoms with Crippen molar-refractivity contribution in [3.8, 4) is 0 Å². The highest BCUT2D eigenvalue weighted by atomic mass is 16.1. The Kier molecular flexibility index (Phi) is 3.85. The summed E-state index contributed by atoms with van der Waals surface area (Å²) in [4.78, 5) is 14.4. The number of aromatic nitrogens is 1. The van der Waals surface area contributed by atoms with Gasteiger partial charge in [-0.05, 0) is 31.2 Å². The Balaban J connectivity index is 2.63. The van der Waals surface area contributed by atoms with E-state index in [1.807, 2.05) is 12.2 Å². The molecule has 3 heteroatoms. The third kappa shape index (κ3) is 3.17. The summed E-state index contributed by atoms with van der Waals surface area (Å²) in [5.74, 6) is 0. The van der Waals surface area contributed by atoms with Gasteiger partial charge in [0.25, 0.3) is 0 Å². The van der Waals surface area contributed by atoms with E-state index in [1.54, 1.807) is 18.3 Å². The lowest BCUT2D eigenvalue weighted by molar-refractivity contribution is 0.112. The molecule has 0 unspecified atom stereocenters. The van der Waals surface area contributed by atoms with E-state index in [0.717, 1.165) is 18.4 Å². The predicted octanol–water partition coefficient (Wildman–Crippen LogP) is 1.26. The minimum Gasteiger partial charge on any atom is -0.330 e. The lowest BCUT2D eigenvalue weighted by Crippen LogP contribution is -1.95. The molecule has 2 N–H and O–H groups in total. The Labute approximate surface area is 77.3 Å². The summed E-state index contributed by atoms with van der Waals surface area (Å²) in [6.45, 7) is 0.642. The third-order valence-corrected chi connectivity index (χ3v) is 1.57. The second kappa shape index (κ2) is 5.22. The highest BCUT2D eigenvalue weighted by molar-refractivity contribution is 5.74. The number of hydrogen-bond acceptors (Lipinski definition) is 3. The molecule has 0 aliphatic rings. The molecule has 68 valence electrons. The van der Waals surface area contributed by atoms with E-state index in [1.165, 1.54) is 0 Å². The van der Waals surface area contributed by atoms with Crippen LogP contribution in [0.3, 0.4) is 0 Å². The first kappa shape index (κ1) is 9.61. The van der Waals surface area contributed by atoms with Gasteiger partial charge in [0, 0.05) is 11.8 Å². The van der Waals surface area contributed by atoms with Crippen LogP contribution in [0.1, 0.15) is 22.5 Å². The molecule has 0 aliphatic carbocycles. The third-order valence-electron chi connectivity index (χ3n) is 1.57. The number of hydrogen-bond donors (Lipinski definition) is 1. The number of nitrogens with zero attached hydrogens (tertiary/aromatic N) is 1. The Morgan fingerprint density at radius 2 is 2.31 bits per heavy atom. The fraction of sp³-hybridized carbons (Fsp3) is 0.200. The molecule has 0 amide bonds. The molecular formula is C10H12N2O. The van der Waals surface area contributed by atoms with E-state index < -0.39 is 0 Å². The van der Waals surface area contributed by atoms with Gasteiger partial charge in [-0.15, -0.1) is 0 Å². The molecule has 0 saturated carbocycles. The smallest absolute Gasteiger partial charge is 0.151 e. The summed E-state index contributed by atoms with van der Waals surface area (Å²) >= 11 is 0. The second-order valence-corrected chi connectivity index (χ2v) is 2.61. The van der Waals surface area contributed by atoms with Gasteiger partial charge >= 0.3 is 0 Å². The van der Waals surface area contributed by atoms with Crippen LogP contribution in [0.25, 0.3) is 6.08 Å². The van der Waals surface area contributed by atoms with Crippen LogP contribution in [0.15, 0.2) is 24.4 Å². The molecule has 1 rings (SSSR count). The zero-order valence-corrected chi connectivity index (χ0v) is 7.31. The fourth-order valence-corrected chi connectivity index (χ4v) is 0.885. The number of carbonyl (C=O) groups excluding carboxylic acids is 1. The average molecular weight is 176 g/mol. The van der Waals surface area contributed by atoms with Crippen molar-refractivity contribution < 1.29 is 4.79 Å². The van der Waals surface area contributed by atoms with Gasteiger partial charge < -0.3 is 5.73 Å². The topological polar surface area (TPSA) is 56.0 Å². The lowest BCUT2D eigenvalue weighted by atomic mass is 10.2. The molecule has 0 atom stereocenters. The molecule has 0 saturated heterocycles. The highest BCUT2D eigenvalue weighted by Gasteiger charge is 1.89. The number of nitrogens with two attached hydrogens (primary N) is 1. The monoisotopic (exact) mass is 176 g/mol. The minimum atomic E-state index is 0.593. The molecule has 1 aromatic heterocycles. The van der Waals surface area contributed by atoms with Crippen LogP contribution in [-0.4, -0.2) is 17.8 Å². The van der Waals surface area contributed by atoms with Crippen LogP contribution < -0.4 is 5.73 Å². The van der Waals surface area contributed by atoms with E-state index >= 15 is 0 Å². The van der Waals surface area contributed by atoms with Gasteiger partial charge in [-0.1, -0.05) is 6.08 Å². The molecule has 0 bridgehead atoms. The van der Waals surface area contributed by atoms with Gasteiger partial charge in [-0.2, -0.15) is 0 Å². The highest BCUT2D eigenvalue weighted by Crippen LogP contribution is 2.00. The SMILES string of the molecule is NCCC=Cc1ccc(C=O)cn1. The second-order valence-electron chi connectivity index (χ2n) is 2.61. The van der Waals surface area contributed by atoms with Crippen molar-refractivity contribution in [2.75, 3.05) is 6.54 Å². The van der Waals surface area contributed by atoms with Crippen molar-refractivity contribution in [3.63, 3.8) is 0 Å². The minimum absolute atomic E-state index is 0.593. The van der Waals surface area contributed by atoms with Crippen LogP contribution in [0.2, 0.25) is 0 Å². The zero-order valence-electron chi connectivity index (χ0n) is 7.31. The maximum atomic E-state index is 10.3. The fourth-order valence-electron chi connectivity index (χ4n) is 0.885. The van der Waals surface area contributed by atoms with Crippen molar-refractivity contribution in [2.45, 2.75) is 6.42 Å². The number of aldehydes is 1. The first-order chi connectivity index (χ1) is 6.36. The van der Waals surface area contributed by atoms with E-state index in [0.29, 0.717) is 12.1 Å². The van der Waals surface area contributed by atoms with Crippen molar-refractivity contribution >= 4 is 12.4 Å². The Morgan fingerprint density at radius 1 is 1.46 bits per heavy atom. The van der Waals surface area contributed by atoms with Crippen LogP contribution in [-0.2, 0) is 0 Å². The van der Waals surface area contributed by atoms with Gasteiger partial charge in [0.2, 0.25) is 0 Å². The van der Waals surface area contributed by atoms with Gasteiger partial charge in [0.15, 0.2) is 6.29 Å². The van der Waals surface area contributed by atoms with Crippen molar-refractivity contribution in [2.24, 2.45) is 5.73 Å². The van der Waals surface area contributed by atoms with Crippen molar-refractivity contribution in [3.05, 3.63) is 35.7 Å². The summed E-state index contributed by atoms with van der Waals surface area (Å²) in [7, 11) is 0. The molecular weight excluding hydrogens is 164 g/mol. The lowest BCUT2D eigenvalue weighted by Gasteiger charge is -1.92. The molecule has 0 spiro atoms. The van der Waals surface area contributed by atoms with Gasteiger partial charge in [0.1, 0.15) is 0 Å². The molecule has 0 aromatic carbocycles. The maximum absolute atomic E-state index is 10.3. The number of carbonyl (C=O) groups is 1. The Bertz CT molecular complexity index is 290. The standard InChI is InChI=1S/C10H12N2O/c11-6-2-1-3-10-5-4-9(8-13)7-12-10/h1,3-5,7-8H,2,6,11H2. The van der Waals surface area contributed by atoms with Crippen LogP contribution in [0.4, 0.5) is 0 Å². The Morgan fingerprint density at radius 3 is 2.85 bits per heavy atom. The molecule has 0 fully saturated rings. The summed E-state index contributed by atoms with van der Waals surface area (Å²) in [5, 5.41) is 0. The van der Waals surface area contributed by atoms with E-state index in [2.05, 4.69) is 4.98 Å². The van der Waals surface area contributed by atoms with Gasteiger partial charge in [-0.25, -0.2) is 0 Å². The normalized spacial score (nSPS) is 10.5. The summed E-state index contributed by atoms with van der Waals surface area (Å²) in [6.07, 6.45) is 7.02. The van der Waals surface area contributed by atoms with E-state index in [4.69, 9.17) is 5.73 Å². The van der Waals surface area contributed by atoms with Gasteiger partial charge in [0.05, 0.1) is 5.69 Å². The first-order valence-electron chi connectivity index (χ1n) is 4.14. The number of pyridine rings is 1. The molecule has 0 aliphatic heterocycles. The summed E-state index contributed by atoms with van der Waals surface area (Å²) < 4.78 is 0. The number of rotatable bonds is 4. The molecule has 0 radical (unpaired) electrons. The van der Waals surface area contributed by atoms with Crippen molar-refractivity contribution in [1.82, 2.24) is 4.98 Å². The van der Waals surface area contributed by atoms with E-state index in [-0.39, 0.29) is 0 Å². The van der Waals surface area contributed by atoms with Crippen LogP contribution >= 0.6 is 0 Å². The van der Waals surface area contributed by atoms with Gasteiger partial charge in [-0.3, -0.25) is 9.78 Å². The maximum Gasteiger partial charge on any atom is 0.151 e. The molecule has 13 heavy (non-hydrogen) atoms. The largest absolute Gasteiger partial charge is 0.330 e. The van der Waals surface area contributed by atoms with Crippen molar-refractivity contribution in [1.29, 1.82) is 0 Å². The molecule has 1 aromatic rings. The van der Waals surface area contributed by atoms with Crippen LogP contribution in [0.5, 0.6) is 0 Å². The quantitative estimate of drug-likeness (QED) is 0.702. The predicted molar refractivity (Wildman–Crippen MR) is 52.3 cm³/mol. The summed E-state index contributed by atoms with van der Waals surface area (Å²) in [6, 6.07) is 3.54. The molecule has 1 heterocycles. The van der Waals surface area contributed by atoms with E-state index in [9.17, 15) is 4.79 Å². The molecule has 3 nitrogen and oxygen atoms in total. The zero-order chi connectivity index (χ0) is 9.52. The van der Waals surface area contributed by atoms with Crippen LogP contribution in [0, 0.1) is 0 Å². The summed E-state index contributed by atoms with van der Waals surface area (Å²) in [5.41, 5.74) is 6.76. The average Bonchev–Trinajstić information content (AvgIpc) is 2.19. The Hall–Kier alpha value is -1.48.